The first-order chi connectivity index (χ1) is 14.9. The number of benzene rings is 1. The summed E-state index contributed by atoms with van der Waals surface area (Å²) in [6, 6.07) is 4.12. The summed E-state index contributed by atoms with van der Waals surface area (Å²) in [5.74, 6) is 0.146. The maximum Gasteiger partial charge on any atom is 0.293 e. The third kappa shape index (κ3) is 4.53. The number of piperidine rings is 1. The lowest BCUT2D eigenvalue weighted by atomic mass is 9.95. The molecule has 4 rings (SSSR count). The SMILES string of the molecule is O=C(C1CCN(c2ccc(S(=O)(=O)N3CCOCC3)cc2[N+](=O)[O-])CC1)N1CCCC1. The summed E-state index contributed by atoms with van der Waals surface area (Å²) < 4.78 is 32.3. The molecule has 3 saturated heterocycles. The molecular formula is C20H28N4O6S. The molecule has 1 aromatic carbocycles. The van der Waals surface area contributed by atoms with E-state index in [0.29, 0.717) is 44.8 Å². The first-order valence-electron chi connectivity index (χ1n) is 10.8. The van der Waals surface area contributed by atoms with Crippen LogP contribution in [0.4, 0.5) is 11.4 Å². The summed E-state index contributed by atoms with van der Waals surface area (Å²) in [6.07, 6.45) is 3.38. The summed E-state index contributed by atoms with van der Waals surface area (Å²) in [6.45, 7) is 3.79. The Morgan fingerprint density at radius 1 is 1.03 bits per heavy atom. The minimum Gasteiger partial charge on any atom is -0.379 e. The first-order valence-corrected chi connectivity index (χ1v) is 12.2. The Balaban J connectivity index is 1.50. The van der Waals surface area contributed by atoms with Crippen LogP contribution >= 0.6 is 0 Å². The van der Waals surface area contributed by atoms with Gasteiger partial charge in [0.05, 0.1) is 23.0 Å². The van der Waals surface area contributed by atoms with E-state index in [0.717, 1.165) is 32.0 Å². The number of anilines is 1. The minimum atomic E-state index is -3.81. The Morgan fingerprint density at radius 3 is 2.29 bits per heavy atom. The maximum absolute atomic E-state index is 12.9. The molecule has 0 aliphatic carbocycles. The number of nitro benzene ring substituents is 1. The molecule has 11 heteroatoms. The van der Waals surface area contributed by atoms with E-state index in [1.165, 1.54) is 16.4 Å². The van der Waals surface area contributed by atoms with Gasteiger partial charge >= 0.3 is 0 Å². The van der Waals surface area contributed by atoms with Crippen molar-refractivity contribution in [2.45, 2.75) is 30.6 Å². The van der Waals surface area contributed by atoms with Gasteiger partial charge in [-0.2, -0.15) is 4.31 Å². The second-order valence-corrected chi connectivity index (χ2v) is 10.2. The van der Waals surface area contributed by atoms with Crippen LogP contribution in [-0.2, 0) is 19.6 Å². The largest absolute Gasteiger partial charge is 0.379 e. The summed E-state index contributed by atoms with van der Waals surface area (Å²) >= 11 is 0. The van der Waals surface area contributed by atoms with Gasteiger partial charge in [-0.05, 0) is 37.8 Å². The number of nitro groups is 1. The van der Waals surface area contributed by atoms with Crippen molar-refractivity contribution in [1.82, 2.24) is 9.21 Å². The van der Waals surface area contributed by atoms with E-state index in [-0.39, 0.29) is 35.5 Å². The van der Waals surface area contributed by atoms with Gasteiger partial charge < -0.3 is 14.5 Å². The van der Waals surface area contributed by atoms with Crippen molar-refractivity contribution in [2.75, 3.05) is 57.4 Å². The summed E-state index contributed by atoms with van der Waals surface area (Å²) in [5, 5.41) is 11.8. The Kier molecular flexibility index (Phi) is 6.44. The molecule has 0 atom stereocenters. The normalized spacial score (nSPS) is 21.4. The predicted octanol–water partition coefficient (Wildman–Crippen LogP) is 1.45. The third-order valence-electron chi connectivity index (χ3n) is 6.35. The fraction of sp³-hybridized carbons (Fsp3) is 0.650. The summed E-state index contributed by atoms with van der Waals surface area (Å²) in [7, 11) is -3.81. The number of carbonyl (C=O) groups is 1. The van der Waals surface area contributed by atoms with Crippen LogP contribution in [0, 0.1) is 16.0 Å². The topological polar surface area (TPSA) is 113 Å². The number of sulfonamides is 1. The number of rotatable bonds is 5. The van der Waals surface area contributed by atoms with Crippen molar-refractivity contribution in [1.29, 1.82) is 0 Å². The number of carbonyl (C=O) groups excluding carboxylic acids is 1. The van der Waals surface area contributed by atoms with Gasteiger partial charge in [-0.1, -0.05) is 0 Å². The second-order valence-electron chi connectivity index (χ2n) is 8.22. The van der Waals surface area contributed by atoms with E-state index in [1.807, 2.05) is 9.80 Å². The fourth-order valence-corrected chi connectivity index (χ4v) is 6.00. The summed E-state index contributed by atoms with van der Waals surface area (Å²) in [5.41, 5.74) is 0.177. The van der Waals surface area contributed by atoms with Crippen molar-refractivity contribution >= 4 is 27.3 Å². The van der Waals surface area contributed by atoms with Gasteiger partial charge in [-0.15, -0.1) is 0 Å². The molecule has 31 heavy (non-hydrogen) atoms. The quantitative estimate of drug-likeness (QED) is 0.491. The highest BCUT2D eigenvalue weighted by molar-refractivity contribution is 7.89. The molecular weight excluding hydrogens is 424 g/mol. The lowest BCUT2D eigenvalue weighted by Gasteiger charge is -2.34. The average Bonchev–Trinajstić information content (AvgIpc) is 3.34. The highest BCUT2D eigenvalue weighted by Gasteiger charge is 2.33. The predicted molar refractivity (Wildman–Crippen MR) is 113 cm³/mol. The molecule has 0 bridgehead atoms. The molecule has 0 N–H and O–H groups in total. The highest BCUT2D eigenvalue weighted by Crippen LogP contribution is 2.35. The molecule has 3 heterocycles. The van der Waals surface area contributed by atoms with Crippen molar-refractivity contribution in [3.63, 3.8) is 0 Å². The Labute approximate surface area is 181 Å². The van der Waals surface area contributed by atoms with E-state index in [9.17, 15) is 23.3 Å². The minimum absolute atomic E-state index is 0.0469. The van der Waals surface area contributed by atoms with Crippen LogP contribution in [0.3, 0.4) is 0 Å². The van der Waals surface area contributed by atoms with Crippen LogP contribution in [0.2, 0.25) is 0 Å². The fourth-order valence-electron chi connectivity index (χ4n) is 4.58. The van der Waals surface area contributed by atoms with Crippen molar-refractivity contribution < 1.29 is 22.9 Å². The molecule has 0 aromatic heterocycles. The van der Waals surface area contributed by atoms with E-state index in [2.05, 4.69) is 0 Å². The van der Waals surface area contributed by atoms with Crippen molar-refractivity contribution in [2.24, 2.45) is 5.92 Å². The second kappa shape index (κ2) is 9.09. The average molecular weight is 453 g/mol. The Hall–Kier alpha value is -2.24. The number of ether oxygens (including phenoxy) is 1. The lowest BCUT2D eigenvalue weighted by Crippen LogP contribution is -2.42. The van der Waals surface area contributed by atoms with Crippen LogP contribution in [0.5, 0.6) is 0 Å². The molecule has 170 valence electrons. The van der Waals surface area contributed by atoms with Gasteiger partial charge in [0, 0.05) is 51.3 Å². The number of amides is 1. The molecule has 0 radical (unpaired) electrons. The first kappa shape index (κ1) is 22.0. The molecule has 10 nitrogen and oxygen atoms in total. The van der Waals surface area contributed by atoms with Gasteiger partial charge in [-0.3, -0.25) is 14.9 Å². The number of morpholine rings is 1. The number of likely N-dealkylation sites (tertiary alicyclic amines) is 1. The summed E-state index contributed by atoms with van der Waals surface area (Å²) in [4.78, 5) is 27.6. The third-order valence-corrected chi connectivity index (χ3v) is 8.25. The van der Waals surface area contributed by atoms with E-state index in [1.54, 1.807) is 0 Å². The monoisotopic (exact) mass is 452 g/mol. The molecule has 0 spiro atoms. The van der Waals surface area contributed by atoms with Gasteiger partial charge in [0.2, 0.25) is 15.9 Å². The Morgan fingerprint density at radius 2 is 1.68 bits per heavy atom. The van der Waals surface area contributed by atoms with Crippen LogP contribution < -0.4 is 4.90 Å². The molecule has 1 amide bonds. The van der Waals surface area contributed by atoms with Crippen molar-refractivity contribution in [3.05, 3.63) is 28.3 Å². The molecule has 3 fully saturated rings. The van der Waals surface area contributed by atoms with Gasteiger partial charge in [0.25, 0.3) is 5.69 Å². The molecule has 3 aliphatic heterocycles. The lowest BCUT2D eigenvalue weighted by molar-refractivity contribution is -0.384. The van der Waals surface area contributed by atoms with E-state index < -0.39 is 14.9 Å². The van der Waals surface area contributed by atoms with Gasteiger partial charge in [0.1, 0.15) is 5.69 Å². The number of hydrogen-bond acceptors (Lipinski definition) is 7. The van der Waals surface area contributed by atoms with Crippen LogP contribution in [0.15, 0.2) is 23.1 Å². The zero-order chi connectivity index (χ0) is 22.0. The van der Waals surface area contributed by atoms with Gasteiger partial charge in [-0.25, -0.2) is 8.42 Å². The van der Waals surface area contributed by atoms with Crippen LogP contribution in [0.25, 0.3) is 0 Å². The number of nitrogens with zero attached hydrogens (tertiary/aromatic N) is 4. The van der Waals surface area contributed by atoms with E-state index >= 15 is 0 Å². The molecule has 0 unspecified atom stereocenters. The maximum atomic E-state index is 12.9. The molecule has 0 saturated carbocycles. The number of hydrogen-bond donors (Lipinski definition) is 0. The van der Waals surface area contributed by atoms with Crippen LogP contribution in [-0.4, -0.2) is 80.9 Å². The smallest absolute Gasteiger partial charge is 0.293 e. The standard InChI is InChI=1S/C20H28N4O6S/c25-20(22-7-1-2-8-22)16-5-9-21(10-6-16)18-4-3-17(15-19(18)24(26)27)31(28,29)23-11-13-30-14-12-23/h3-4,15-16H,1-2,5-14H2. The van der Waals surface area contributed by atoms with Crippen LogP contribution in [0.1, 0.15) is 25.7 Å². The zero-order valence-electron chi connectivity index (χ0n) is 17.4. The molecule has 1 aromatic rings. The van der Waals surface area contributed by atoms with E-state index in [4.69, 9.17) is 4.74 Å². The zero-order valence-corrected chi connectivity index (χ0v) is 18.3. The molecule has 3 aliphatic rings. The highest BCUT2D eigenvalue weighted by atomic mass is 32.2. The Bertz CT molecular complexity index is 933. The van der Waals surface area contributed by atoms with Gasteiger partial charge in [0.15, 0.2) is 0 Å². The van der Waals surface area contributed by atoms with Crippen molar-refractivity contribution in [3.8, 4) is 0 Å².